The van der Waals surface area contributed by atoms with Gasteiger partial charge in [0.25, 0.3) is 5.91 Å². The zero-order valence-corrected chi connectivity index (χ0v) is 16.6. The second kappa shape index (κ2) is 8.46. The molecular weight excluding hydrogens is 374 g/mol. The zero-order valence-electron chi connectivity index (χ0n) is 15.8. The maximum Gasteiger partial charge on any atom is 0.254 e. The van der Waals surface area contributed by atoms with Gasteiger partial charge in [-0.1, -0.05) is 24.1 Å². The number of nitrogens with zero attached hydrogens (tertiary/aromatic N) is 2. The van der Waals surface area contributed by atoms with Crippen LogP contribution in [0.5, 0.6) is 0 Å². The van der Waals surface area contributed by atoms with Gasteiger partial charge in [0.2, 0.25) is 10.0 Å². The molecule has 6 nitrogen and oxygen atoms in total. The van der Waals surface area contributed by atoms with Gasteiger partial charge in [-0.15, -0.1) is 6.42 Å². The third-order valence-corrected chi connectivity index (χ3v) is 6.09. The molecule has 0 spiro atoms. The van der Waals surface area contributed by atoms with Crippen molar-refractivity contribution in [2.24, 2.45) is 0 Å². The largest absolute Gasteiger partial charge is 0.368 e. The normalized spacial score (nSPS) is 14.6. The number of rotatable bonds is 5. The molecule has 1 aliphatic heterocycles. The summed E-state index contributed by atoms with van der Waals surface area (Å²) >= 11 is 0. The van der Waals surface area contributed by atoms with Gasteiger partial charge in [-0.2, -0.15) is 4.72 Å². The number of terminal acetylenes is 1. The Kier molecular flexibility index (Phi) is 6.02. The summed E-state index contributed by atoms with van der Waals surface area (Å²) in [5.74, 6) is 2.06. The SMILES string of the molecule is C#CCNS(=O)(=O)c1cccc(C(=O)N2CCN(c3cccc(C)c3)CC2)c1. The van der Waals surface area contributed by atoms with Crippen LogP contribution in [0.2, 0.25) is 0 Å². The molecule has 1 aliphatic rings. The second-order valence-corrected chi connectivity index (χ2v) is 8.44. The Bertz CT molecular complexity index is 1000. The molecule has 0 bridgehead atoms. The highest BCUT2D eigenvalue weighted by molar-refractivity contribution is 7.89. The highest BCUT2D eigenvalue weighted by atomic mass is 32.2. The number of piperazine rings is 1. The molecule has 0 atom stereocenters. The van der Waals surface area contributed by atoms with Gasteiger partial charge in [0.15, 0.2) is 0 Å². The van der Waals surface area contributed by atoms with Crippen LogP contribution in [0.25, 0.3) is 0 Å². The summed E-state index contributed by atoms with van der Waals surface area (Å²) in [4.78, 5) is 16.9. The lowest BCUT2D eigenvalue weighted by molar-refractivity contribution is 0.0746. The Morgan fingerprint density at radius 3 is 2.50 bits per heavy atom. The van der Waals surface area contributed by atoms with Gasteiger partial charge >= 0.3 is 0 Å². The minimum atomic E-state index is -3.73. The molecule has 0 unspecified atom stereocenters. The van der Waals surface area contributed by atoms with E-state index in [1.54, 1.807) is 17.0 Å². The molecule has 2 aromatic carbocycles. The van der Waals surface area contributed by atoms with Crippen molar-refractivity contribution in [3.05, 3.63) is 59.7 Å². The number of benzene rings is 2. The van der Waals surface area contributed by atoms with E-state index in [0.717, 1.165) is 18.8 Å². The van der Waals surface area contributed by atoms with Crippen LogP contribution in [0, 0.1) is 19.3 Å². The van der Waals surface area contributed by atoms with Gasteiger partial charge in [-0.05, 0) is 42.8 Å². The van der Waals surface area contributed by atoms with Crippen LogP contribution in [0.1, 0.15) is 15.9 Å². The molecule has 28 heavy (non-hydrogen) atoms. The van der Waals surface area contributed by atoms with E-state index in [4.69, 9.17) is 6.42 Å². The van der Waals surface area contributed by atoms with Crippen molar-refractivity contribution in [2.75, 3.05) is 37.6 Å². The van der Waals surface area contributed by atoms with Crippen molar-refractivity contribution < 1.29 is 13.2 Å². The van der Waals surface area contributed by atoms with E-state index in [1.807, 2.05) is 6.07 Å². The maximum absolute atomic E-state index is 12.9. The van der Waals surface area contributed by atoms with Gasteiger partial charge in [-0.25, -0.2) is 8.42 Å². The van der Waals surface area contributed by atoms with Crippen LogP contribution >= 0.6 is 0 Å². The molecule has 0 radical (unpaired) electrons. The fraction of sp³-hybridized carbons (Fsp3) is 0.286. The summed E-state index contributed by atoms with van der Waals surface area (Å²) in [6.07, 6.45) is 5.11. The van der Waals surface area contributed by atoms with E-state index in [1.165, 1.54) is 17.7 Å². The summed E-state index contributed by atoms with van der Waals surface area (Å²) < 4.78 is 26.8. The number of nitrogens with one attached hydrogen (secondary N) is 1. The lowest BCUT2D eigenvalue weighted by Crippen LogP contribution is -2.48. The molecule has 1 saturated heterocycles. The molecule has 1 amide bonds. The number of amides is 1. The van der Waals surface area contributed by atoms with Gasteiger partial charge in [0.1, 0.15) is 0 Å². The quantitative estimate of drug-likeness (QED) is 0.782. The van der Waals surface area contributed by atoms with Crippen molar-refractivity contribution in [3.63, 3.8) is 0 Å². The van der Waals surface area contributed by atoms with Crippen LogP contribution in [0.15, 0.2) is 53.4 Å². The summed E-state index contributed by atoms with van der Waals surface area (Å²) in [7, 11) is -3.73. The second-order valence-electron chi connectivity index (χ2n) is 6.67. The van der Waals surface area contributed by atoms with Crippen molar-refractivity contribution in [1.29, 1.82) is 0 Å². The number of hydrogen-bond acceptors (Lipinski definition) is 4. The predicted molar refractivity (Wildman–Crippen MR) is 110 cm³/mol. The van der Waals surface area contributed by atoms with Gasteiger partial charge in [-0.3, -0.25) is 4.79 Å². The van der Waals surface area contributed by atoms with Crippen molar-refractivity contribution >= 4 is 21.6 Å². The molecule has 7 heteroatoms. The number of aryl methyl sites for hydroxylation is 1. The van der Waals surface area contributed by atoms with Crippen LogP contribution in [0.4, 0.5) is 5.69 Å². The smallest absolute Gasteiger partial charge is 0.254 e. The Labute approximate surface area is 166 Å². The molecule has 0 saturated carbocycles. The number of hydrogen-bond donors (Lipinski definition) is 1. The summed E-state index contributed by atoms with van der Waals surface area (Å²) in [5, 5.41) is 0. The first-order valence-electron chi connectivity index (χ1n) is 9.05. The van der Waals surface area contributed by atoms with Crippen molar-refractivity contribution in [3.8, 4) is 12.3 Å². The average molecular weight is 398 g/mol. The van der Waals surface area contributed by atoms with Crippen LogP contribution in [0.3, 0.4) is 0 Å². The van der Waals surface area contributed by atoms with E-state index in [2.05, 4.69) is 40.7 Å². The fourth-order valence-electron chi connectivity index (χ4n) is 3.19. The van der Waals surface area contributed by atoms with E-state index < -0.39 is 10.0 Å². The lowest BCUT2D eigenvalue weighted by Gasteiger charge is -2.36. The number of carbonyl (C=O) groups excluding carboxylic acids is 1. The van der Waals surface area contributed by atoms with E-state index in [-0.39, 0.29) is 17.3 Å². The van der Waals surface area contributed by atoms with E-state index >= 15 is 0 Å². The summed E-state index contributed by atoms with van der Waals surface area (Å²) in [6, 6.07) is 14.3. The average Bonchev–Trinajstić information content (AvgIpc) is 2.72. The first-order valence-corrected chi connectivity index (χ1v) is 10.5. The number of anilines is 1. The van der Waals surface area contributed by atoms with E-state index in [9.17, 15) is 13.2 Å². The molecule has 1 N–H and O–H groups in total. The predicted octanol–water partition coefficient (Wildman–Crippen LogP) is 1.87. The molecule has 146 valence electrons. The standard InChI is InChI=1S/C21H23N3O3S/c1-3-10-22-28(26,27)20-9-5-7-18(16-20)21(25)24-13-11-23(12-14-24)19-8-4-6-17(2)15-19/h1,4-9,15-16,22H,10-14H2,2H3. The molecule has 0 aliphatic carbocycles. The van der Waals surface area contributed by atoms with Crippen molar-refractivity contribution in [2.45, 2.75) is 11.8 Å². The van der Waals surface area contributed by atoms with E-state index in [0.29, 0.717) is 18.7 Å². The van der Waals surface area contributed by atoms with Crippen LogP contribution in [-0.4, -0.2) is 51.9 Å². The Hall–Kier alpha value is -2.82. The Morgan fingerprint density at radius 2 is 1.82 bits per heavy atom. The summed E-state index contributed by atoms with van der Waals surface area (Å²) in [5.41, 5.74) is 2.71. The minimum absolute atomic E-state index is 0.0343. The highest BCUT2D eigenvalue weighted by Crippen LogP contribution is 2.19. The fourth-order valence-corrected chi connectivity index (χ4v) is 4.17. The van der Waals surface area contributed by atoms with Crippen molar-refractivity contribution in [1.82, 2.24) is 9.62 Å². The molecule has 2 aromatic rings. The van der Waals surface area contributed by atoms with Gasteiger partial charge in [0.05, 0.1) is 11.4 Å². The topological polar surface area (TPSA) is 69.7 Å². The van der Waals surface area contributed by atoms with Gasteiger partial charge in [0, 0.05) is 37.4 Å². The third-order valence-electron chi connectivity index (χ3n) is 4.69. The maximum atomic E-state index is 12.9. The monoisotopic (exact) mass is 397 g/mol. The number of carbonyl (C=O) groups is 1. The Balaban J connectivity index is 1.69. The highest BCUT2D eigenvalue weighted by Gasteiger charge is 2.23. The summed E-state index contributed by atoms with van der Waals surface area (Å²) in [6.45, 7) is 4.59. The Morgan fingerprint density at radius 1 is 1.11 bits per heavy atom. The van der Waals surface area contributed by atoms with Gasteiger partial charge < -0.3 is 9.80 Å². The molecule has 1 fully saturated rings. The molecular formula is C21H23N3O3S. The number of sulfonamides is 1. The third kappa shape index (κ3) is 4.53. The zero-order chi connectivity index (χ0) is 20.1. The van der Waals surface area contributed by atoms with Crippen LogP contribution in [-0.2, 0) is 10.0 Å². The van der Waals surface area contributed by atoms with Crippen LogP contribution < -0.4 is 9.62 Å². The molecule has 3 rings (SSSR count). The lowest BCUT2D eigenvalue weighted by atomic mass is 10.1. The first kappa shape index (κ1) is 19.9. The molecule has 0 aromatic heterocycles. The molecule has 1 heterocycles. The first-order chi connectivity index (χ1) is 13.4. The minimum Gasteiger partial charge on any atom is -0.368 e.